The Morgan fingerprint density at radius 1 is 1.07 bits per heavy atom. The van der Waals surface area contributed by atoms with Crippen molar-refractivity contribution >= 4 is 22.6 Å². The molecule has 0 N–H and O–H groups in total. The highest BCUT2D eigenvalue weighted by molar-refractivity contribution is 6.06. The van der Waals surface area contributed by atoms with Crippen LogP contribution in [-0.2, 0) is 24.4 Å². The third-order valence-electron chi connectivity index (χ3n) is 5.51. The lowest BCUT2D eigenvalue weighted by atomic mass is 10.1. The highest BCUT2D eigenvalue weighted by Crippen LogP contribution is 2.27. The first kappa shape index (κ1) is 18.6. The Morgan fingerprint density at radius 2 is 1.93 bits per heavy atom. The minimum absolute atomic E-state index is 0.0193. The lowest BCUT2D eigenvalue weighted by Gasteiger charge is -2.23. The predicted molar refractivity (Wildman–Crippen MR) is 118 cm³/mol. The van der Waals surface area contributed by atoms with E-state index in [9.17, 15) is 4.79 Å². The first-order valence-electron chi connectivity index (χ1n) is 10.2. The topological polar surface area (TPSA) is 47.4 Å². The first-order chi connectivity index (χ1) is 14.7. The Morgan fingerprint density at radius 3 is 2.77 bits per heavy atom. The van der Waals surface area contributed by atoms with Crippen molar-refractivity contribution in [2.75, 3.05) is 11.5 Å². The second-order valence-corrected chi connectivity index (χ2v) is 7.65. The van der Waals surface area contributed by atoms with Gasteiger partial charge in [0.1, 0.15) is 12.4 Å². The van der Waals surface area contributed by atoms with Crippen LogP contribution in [0.3, 0.4) is 0 Å². The zero-order valence-electron chi connectivity index (χ0n) is 16.9. The molecule has 1 aliphatic heterocycles. The third kappa shape index (κ3) is 3.48. The molecule has 1 aromatic heterocycles. The van der Waals surface area contributed by atoms with Gasteiger partial charge < -0.3 is 14.2 Å². The van der Waals surface area contributed by atoms with Crippen molar-refractivity contribution in [2.45, 2.75) is 26.6 Å². The fraction of sp³-hybridized carbons (Fsp3) is 0.200. The molecule has 0 bridgehead atoms. The number of aryl methyl sites for hydroxylation is 1. The molecule has 2 heterocycles. The molecule has 0 saturated carbocycles. The summed E-state index contributed by atoms with van der Waals surface area (Å²) in [5.41, 5.74) is 5.65. The number of ether oxygens (including phenoxy) is 1. The molecule has 30 heavy (non-hydrogen) atoms. The number of imidazole rings is 1. The van der Waals surface area contributed by atoms with Crippen LogP contribution >= 0.6 is 0 Å². The summed E-state index contributed by atoms with van der Waals surface area (Å²) in [6, 6.07) is 23.9. The smallest absolute Gasteiger partial charge is 0.258 e. The Labute approximate surface area is 175 Å². The molecule has 1 amide bonds. The van der Waals surface area contributed by atoms with Crippen molar-refractivity contribution in [3.63, 3.8) is 0 Å². The van der Waals surface area contributed by atoms with E-state index in [-0.39, 0.29) is 5.91 Å². The van der Waals surface area contributed by atoms with E-state index >= 15 is 0 Å². The van der Waals surface area contributed by atoms with E-state index in [4.69, 9.17) is 9.72 Å². The van der Waals surface area contributed by atoms with Gasteiger partial charge in [0.2, 0.25) is 0 Å². The molecule has 5 heteroatoms. The lowest BCUT2D eigenvalue weighted by Crippen LogP contribution is -2.30. The van der Waals surface area contributed by atoms with Gasteiger partial charge in [-0.15, -0.1) is 0 Å². The normalized spacial score (nSPS) is 13.2. The molecule has 4 aromatic rings. The standard InChI is InChI=1S/C25H23N3O2/c1-18-6-5-9-20(14-18)25(29)28(16-19-7-3-2-4-8-19)21-10-11-23-22(15-21)26-24-17-30-13-12-27(23)24/h2-11,14-15H,12-13,16-17H2,1H3. The average molecular weight is 397 g/mol. The molecule has 150 valence electrons. The van der Waals surface area contributed by atoms with Gasteiger partial charge in [-0.25, -0.2) is 4.98 Å². The van der Waals surface area contributed by atoms with Crippen molar-refractivity contribution in [2.24, 2.45) is 0 Å². The molecule has 3 aromatic carbocycles. The van der Waals surface area contributed by atoms with Gasteiger partial charge in [0.05, 0.1) is 24.2 Å². The van der Waals surface area contributed by atoms with E-state index in [0.717, 1.165) is 40.2 Å². The summed E-state index contributed by atoms with van der Waals surface area (Å²) in [4.78, 5) is 20.1. The molecule has 5 rings (SSSR count). The Hall–Kier alpha value is -3.44. The molecular weight excluding hydrogens is 374 g/mol. The van der Waals surface area contributed by atoms with Crippen LogP contribution in [0.4, 0.5) is 5.69 Å². The summed E-state index contributed by atoms with van der Waals surface area (Å²) in [7, 11) is 0. The van der Waals surface area contributed by atoms with Crippen molar-refractivity contribution in [1.29, 1.82) is 0 Å². The molecule has 0 atom stereocenters. The highest BCUT2D eigenvalue weighted by Gasteiger charge is 2.21. The number of benzene rings is 3. The highest BCUT2D eigenvalue weighted by atomic mass is 16.5. The minimum Gasteiger partial charge on any atom is -0.372 e. The van der Waals surface area contributed by atoms with E-state index < -0.39 is 0 Å². The number of carbonyl (C=O) groups excluding carboxylic acids is 1. The maximum atomic E-state index is 13.5. The van der Waals surface area contributed by atoms with Crippen LogP contribution in [0.15, 0.2) is 72.8 Å². The van der Waals surface area contributed by atoms with E-state index in [1.54, 1.807) is 0 Å². The summed E-state index contributed by atoms with van der Waals surface area (Å²) in [5.74, 6) is 0.919. The molecular formula is C25H23N3O2. The zero-order chi connectivity index (χ0) is 20.5. The third-order valence-corrected chi connectivity index (χ3v) is 5.51. The minimum atomic E-state index is -0.0193. The van der Waals surface area contributed by atoms with Crippen LogP contribution in [0.5, 0.6) is 0 Å². The summed E-state index contributed by atoms with van der Waals surface area (Å²) in [6.45, 7) is 4.53. The number of fused-ring (bicyclic) bond motifs is 3. The second kappa shape index (κ2) is 7.76. The second-order valence-electron chi connectivity index (χ2n) is 7.65. The summed E-state index contributed by atoms with van der Waals surface area (Å²) >= 11 is 0. The zero-order valence-corrected chi connectivity index (χ0v) is 16.9. The molecule has 0 radical (unpaired) electrons. The van der Waals surface area contributed by atoms with E-state index in [1.807, 2.05) is 78.6 Å². The van der Waals surface area contributed by atoms with Crippen molar-refractivity contribution < 1.29 is 9.53 Å². The van der Waals surface area contributed by atoms with Crippen molar-refractivity contribution in [3.8, 4) is 0 Å². The first-order valence-corrected chi connectivity index (χ1v) is 10.2. The number of aromatic nitrogens is 2. The summed E-state index contributed by atoms with van der Waals surface area (Å²) < 4.78 is 7.74. The van der Waals surface area contributed by atoms with Crippen molar-refractivity contribution in [3.05, 3.63) is 95.3 Å². The number of amides is 1. The van der Waals surface area contributed by atoms with Gasteiger partial charge in [-0.1, -0.05) is 48.0 Å². The van der Waals surface area contributed by atoms with Crippen LogP contribution in [0.1, 0.15) is 27.3 Å². The number of hydrogen-bond acceptors (Lipinski definition) is 3. The van der Waals surface area contributed by atoms with Crippen molar-refractivity contribution in [1.82, 2.24) is 9.55 Å². The van der Waals surface area contributed by atoms with Gasteiger partial charge in [0.25, 0.3) is 5.91 Å². The van der Waals surface area contributed by atoms with Gasteiger partial charge in [0.15, 0.2) is 0 Å². The fourth-order valence-electron chi connectivity index (χ4n) is 4.00. The van der Waals surface area contributed by atoms with Gasteiger partial charge in [-0.2, -0.15) is 0 Å². The number of anilines is 1. The van der Waals surface area contributed by atoms with E-state index in [0.29, 0.717) is 25.3 Å². The van der Waals surface area contributed by atoms with Crippen LogP contribution in [0, 0.1) is 6.92 Å². The summed E-state index contributed by atoms with van der Waals surface area (Å²) in [5, 5.41) is 0. The molecule has 0 fully saturated rings. The molecule has 0 unspecified atom stereocenters. The monoisotopic (exact) mass is 397 g/mol. The van der Waals surface area contributed by atoms with Crippen LogP contribution in [0.25, 0.3) is 11.0 Å². The quantitative estimate of drug-likeness (QED) is 0.501. The maximum absolute atomic E-state index is 13.5. The number of carbonyl (C=O) groups is 1. The molecule has 1 aliphatic rings. The fourth-order valence-corrected chi connectivity index (χ4v) is 4.00. The molecule has 5 nitrogen and oxygen atoms in total. The van der Waals surface area contributed by atoms with E-state index in [2.05, 4.69) is 10.6 Å². The Balaban J connectivity index is 1.57. The Bertz CT molecular complexity index is 1210. The Kier molecular flexibility index (Phi) is 4.81. The number of nitrogens with zero attached hydrogens (tertiary/aromatic N) is 3. The van der Waals surface area contributed by atoms with Gasteiger partial charge in [-0.05, 0) is 42.8 Å². The van der Waals surface area contributed by atoms with Crippen LogP contribution in [0.2, 0.25) is 0 Å². The van der Waals surface area contributed by atoms with Crippen LogP contribution in [-0.4, -0.2) is 22.1 Å². The maximum Gasteiger partial charge on any atom is 0.258 e. The number of rotatable bonds is 4. The van der Waals surface area contributed by atoms with Gasteiger partial charge in [0, 0.05) is 17.8 Å². The largest absolute Gasteiger partial charge is 0.372 e. The lowest BCUT2D eigenvalue weighted by molar-refractivity contribution is 0.0830. The van der Waals surface area contributed by atoms with E-state index in [1.165, 1.54) is 0 Å². The van der Waals surface area contributed by atoms with Crippen LogP contribution < -0.4 is 4.90 Å². The summed E-state index contributed by atoms with van der Waals surface area (Å²) in [6.07, 6.45) is 0. The average Bonchev–Trinajstić information content (AvgIpc) is 3.15. The molecule has 0 saturated heterocycles. The number of hydrogen-bond donors (Lipinski definition) is 0. The molecule has 0 spiro atoms. The SMILES string of the molecule is Cc1cccc(C(=O)N(Cc2ccccc2)c2ccc3c(c2)nc2n3CCOC2)c1. The van der Waals surface area contributed by atoms with Gasteiger partial charge >= 0.3 is 0 Å². The predicted octanol–water partition coefficient (Wildman–Crippen LogP) is 4.72. The van der Waals surface area contributed by atoms with Gasteiger partial charge in [-0.3, -0.25) is 4.79 Å². The molecule has 0 aliphatic carbocycles.